The van der Waals surface area contributed by atoms with Gasteiger partial charge in [0.15, 0.2) is 0 Å². The molecule has 0 atom stereocenters. The molecule has 0 radical (unpaired) electrons. The van der Waals surface area contributed by atoms with Crippen LogP contribution in [0.1, 0.15) is 16.7 Å². The highest BCUT2D eigenvalue weighted by atomic mass is 31.2. The number of nitrogens with two attached hydrogens (primary N) is 1. The Morgan fingerprint density at radius 2 is 1.26 bits per heavy atom. The average Bonchev–Trinajstić information content (AvgIpc) is 2.57. The van der Waals surface area contributed by atoms with Crippen LogP contribution in [0, 0.1) is 0 Å². The molecule has 27 heavy (non-hydrogen) atoms. The highest BCUT2D eigenvalue weighted by Gasteiger charge is 2.23. The number of benzene rings is 1. The van der Waals surface area contributed by atoms with E-state index in [-0.39, 0.29) is 38.4 Å². The molecule has 0 saturated carbocycles. The van der Waals surface area contributed by atoms with Crippen molar-refractivity contribution >= 4 is 15.2 Å². The first-order valence-corrected chi connectivity index (χ1v) is 11.7. The number of aliphatic hydroxyl groups excluding tert-OH is 2. The summed E-state index contributed by atoms with van der Waals surface area (Å²) in [7, 11) is -8.37. The summed E-state index contributed by atoms with van der Waals surface area (Å²) >= 11 is 0. The Labute approximate surface area is 157 Å². The molecule has 0 aliphatic rings. The monoisotopic (exact) mass is 427 g/mol. The minimum atomic E-state index is -4.18. The first-order valence-electron chi connectivity index (χ1n) is 8.15. The van der Waals surface area contributed by atoms with Gasteiger partial charge in [-0.2, -0.15) is 0 Å². The lowest BCUT2D eigenvalue weighted by molar-refractivity contribution is 0.0180. The summed E-state index contributed by atoms with van der Waals surface area (Å²) in [6, 6.07) is 4.99. The van der Waals surface area contributed by atoms with Crippen molar-refractivity contribution in [2.45, 2.75) is 25.0 Å². The number of ether oxygens (including phenoxy) is 1. The summed E-state index contributed by atoms with van der Waals surface area (Å²) in [6.45, 7) is -1.02. The fourth-order valence-electron chi connectivity index (χ4n) is 2.27. The summed E-state index contributed by atoms with van der Waals surface area (Å²) in [6.07, 6.45) is -0.517. The summed E-state index contributed by atoms with van der Waals surface area (Å²) < 4.78 is 27.6. The number of aryl methyl sites for hydroxylation is 2. The largest absolute Gasteiger partial charge is 0.394 e. The molecule has 0 spiro atoms. The molecule has 0 aromatic heterocycles. The van der Waals surface area contributed by atoms with Gasteiger partial charge in [-0.15, -0.1) is 0 Å². The maximum Gasteiger partial charge on any atom is 0.325 e. The second kappa shape index (κ2) is 10.2. The summed E-state index contributed by atoms with van der Waals surface area (Å²) in [4.78, 5) is 36.1. The van der Waals surface area contributed by atoms with Crippen LogP contribution < -0.4 is 5.73 Å². The Bertz CT molecular complexity index is 652. The van der Waals surface area contributed by atoms with Crippen molar-refractivity contribution in [3.63, 3.8) is 0 Å². The summed E-state index contributed by atoms with van der Waals surface area (Å²) in [5, 5.41) is 18.3. The molecule has 0 aliphatic carbocycles. The van der Waals surface area contributed by atoms with Crippen molar-refractivity contribution in [3.8, 4) is 0 Å². The van der Waals surface area contributed by atoms with Crippen LogP contribution in [0.3, 0.4) is 0 Å². The van der Waals surface area contributed by atoms with Gasteiger partial charge in [-0.3, -0.25) is 9.13 Å². The zero-order valence-corrected chi connectivity index (χ0v) is 16.6. The van der Waals surface area contributed by atoms with Crippen LogP contribution in [0.25, 0.3) is 0 Å². The van der Waals surface area contributed by atoms with Crippen molar-refractivity contribution in [3.05, 3.63) is 34.9 Å². The quantitative estimate of drug-likeness (QED) is 0.210. The van der Waals surface area contributed by atoms with Gasteiger partial charge in [-0.1, -0.05) is 18.2 Å². The Balaban J connectivity index is 2.89. The topological polar surface area (TPSA) is 191 Å². The van der Waals surface area contributed by atoms with E-state index in [9.17, 15) is 9.13 Å². The maximum absolute atomic E-state index is 11.1. The molecule has 0 aliphatic heterocycles. The SMILES string of the molecule is NC(CO)(CO)COCc1cc(CCP(=O)(O)O)cc(CCP(=O)(O)O)c1. The molecule has 0 amide bonds. The van der Waals surface area contributed by atoms with Gasteiger partial charge < -0.3 is 40.3 Å². The third-order valence-electron chi connectivity index (χ3n) is 3.78. The molecule has 12 heteroatoms. The van der Waals surface area contributed by atoms with Gasteiger partial charge in [-0.25, -0.2) is 0 Å². The van der Waals surface area contributed by atoms with Gasteiger partial charge in [-0.05, 0) is 29.5 Å². The number of aliphatic hydroxyl groups is 2. The Kier molecular flexibility index (Phi) is 9.24. The standard InChI is InChI=1S/C15H27NO9P2/c16-15(9-17,10-18)11-25-8-14-6-12(1-3-26(19,20)21)5-13(7-14)2-4-27(22,23)24/h5-7,17-18H,1-4,8-11,16H2,(H2,19,20,21)(H2,22,23,24). The molecule has 1 aromatic rings. The first kappa shape index (κ1) is 24.4. The van der Waals surface area contributed by atoms with Gasteiger partial charge in [0, 0.05) is 0 Å². The molecule has 0 bridgehead atoms. The Morgan fingerprint density at radius 3 is 1.63 bits per heavy atom. The highest BCUT2D eigenvalue weighted by molar-refractivity contribution is 7.52. The fraction of sp³-hybridized carbons (Fsp3) is 0.600. The Morgan fingerprint density at radius 1 is 0.852 bits per heavy atom. The van der Waals surface area contributed by atoms with Crippen molar-refractivity contribution in [2.24, 2.45) is 5.73 Å². The predicted octanol–water partition coefficient (Wildman–Crippen LogP) is -0.674. The van der Waals surface area contributed by atoms with Crippen molar-refractivity contribution in [2.75, 3.05) is 32.1 Å². The van der Waals surface area contributed by atoms with Gasteiger partial charge in [0.05, 0.1) is 44.3 Å². The van der Waals surface area contributed by atoms with Crippen LogP contribution >= 0.6 is 15.2 Å². The third kappa shape index (κ3) is 10.5. The zero-order valence-electron chi connectivity index (χ0n) is 14.8. The van der Waals surface area contributed by atoms with Gasteiger partial charge in [0.1, 0.15) is 0 Å². The average molecular weight is 427 g/mol. The van der Waals surface area contributed by atoms with Crippen LogP contribution in [0.15, 0.2) is 18.2 Å². The maximum atomic E-state index is 11.1. The molecular weight excluding hydrogens is 400 g/mol. The number of hydrogen-bond donors (Lipinski definition) is 7. The van der Waals surface area contributed by atoms with Gasteiger partial charge in [0.25, 0.3) is 0 Å². The van der Waals surface area contributed by atoms with E-state index in [4.69, 9.17) is 40.3 Å². The highest BCUT2D eigenvalue weighted by Crippen LogP contribution is 2.36. The van der Waals surface area contributed by atoms with Crippen molar-refractivity contribution in [1.29, 1.82) is 0 Å². The molecular formula is C15H27NO9P2. The fourth-order valence-corrected chi connectivity index (χ4v) is 3.37. The lowest BCUT2D eigenvalue weighted by Crippen LogP contribution is -2.51. The van der Waals surface area contributed by atoms with E-state index >= 15 is 0 Å². The van der Waals surface area contributed by atoms with Crippen LogP contribution in [-0.4, -0.2) is 67.5 Å². The van der Waals surface area contributed by atoms with E-state index in [2.05, 4.69) is 0 Å². The molecule has 8 N–H and O–H groups in total. The normalized spacial score (nSPS) is 13.1. The minimum absolute atomic E-state index is 0.0472. The van der Waals surface area contributed by atoms with E-state index in [1.54, 1.807) is 18.2 Å². The molecule has 0 saturated heterocycles. The summed E-state index contributed by atoms with van der Waals surface area (Å²) in [5.41, 5.74) is 6.25. The molecule has 1 aromatic carbocycles. The van der Waals surface area contributed by atoms with Crippen molar-refractivity contribution < 1.29 is 43.7 Å². The minimum Gasteiger partial charge on any atom is -0.394 e. The van der Waals surface area contributed by atoms with Crippen LogP contribution in [0.2, 0.25) is 0 Å². The number of hydrogen-bond acceptors (Lipinski definition) is 6. The third-order valence-corrected chi connectivity index (χ3v) is 5.40. The van der Waals surface area contributed by atoms with Gasteiger partial charge >= 0.3 is 15.2 Å². The van der Waals surface area contributed by atoms with Crippen LogP contribution in [0.4, 0.5) is 0 Å². The molecule has 0 unspecified atom stereocenters. The van der Waals surface area contributed by atoms with Crippen molar-refractivity contribution in [1.82, 2.24) is 0 Å². The smallest absolute Gasteiger partial charge is 0.325 e. The van der Waals surface area contributed by atoms with Crippen LogP contribution in [0.5, 0.6) is 0 Å². The number of rotatable bonds is 12. The lowest BCUT2D eigenvalue weighted by atomic mass is 10.0. The Hall–Kier alpha value is -0.640. The molecule has 0 heterocycles. The molecule has 1 rings (SSSR count). The first-order chi connectivity index (χ1) is 12.4. The van der Waals surface area contributed by atoms with E-state index < -0.39 is 33.9 Å². The molecule has 156 valence electrons. The second-order valence-corrected chi connectivity index (χ2v) is 10.2. The molecule has 0 fully saturated rings. The zero-order chi connectivity index (χ0) is 20.7. The second-order valence-electron chi connectivity index (χ2n) is 6.61. The van der Waals surface area contributed by atoms with Crippen LogP contribution in [-0.2, 0) is 33.3 Å². The summed E-state index contributed by atoms with van der Waals surface area (Å²) in [5.74, 6) is 0. The van der Waals surface area contributed by atoms with E-state index in [1.165, 1.54) is 0 Å². The molecule has 10 nitrogen and oxygen atoms in total. The van der Waals surface area contributed by atoms with E-state index in [1.807, 2.05) is 0 Å². The van der Waals surface area contributed by atoms with Gasteiger partial charge in [0.2, 0.25) is 0 Å². The van der Waals surface area contributed by atoms with E-state index in [0.29, 0.717) is 16.7 Å². The van der Waals surface area contributed by atoms with E-state index in [0.717, 1.165) is 0 Å². The lowest BCUT2D eigenvalue weighted by Gasteiger charge is -2.24. The predicted molar refractivity (Wildman–Crippen MR) is 98.4 cm³/mol.